The number of primary amides is 1. The van der Waals surface area contributed by atoms with Gasteiger partial charge in [0, 0.05) is 5.56 Å². The Kier molecular flexibility index (Phi) is 3.96. The van der Waals surface area contributed by atoms with Gasteiger partial charge in [-0.15, -0.1) is 11.3 Å². The van der Waals surface area contributed by atoms with Gasteiger partial charge in [0.05, 0.1) is 10.0 Å². The number of hydrogen-bond donors (Lipinski definition) is 2. The number of nitrogens with two attached hydrogens (primary N) is 1. The molecule has 2 rings (SSSR count). The van der Waals surface area contributed by atoms with E-state index in [0.29, 0.717) is 5.00 Å². The van der Waals surface area contributed by atoms with Crippen molar-refractivity contribution < 1.29 is 14.0 Å². The molecule has 7 heteroatoms. The van der Waals surface area contributed by atoms with Gasteiger partial charge in [0.15, 0.2) is 0 Å². The van der Waals surface area contributed by atoms with Crippen LogP contribution in [0.4, 0.5) is 9.39 Å². The Morgan fingerprint density at radius 3 is 2.68 bits per heavy atom. The molecule has 0 atom stereocenters. The second kappa shape index (κ2) is 5.50. The van der Waals surface area contributed by atoms with Crippen molar-refractivity contribution in [1.82, 2.24) is 0 Å². The molecule has 0 spiro atoms. The highest BCUT2D eigenvalue weighted by Gasteiger charge is 2.14. The van der Waals surface area contributed by atoms with E-state index in [4.69, 9.17) is 5.73 Å². The number of halogens is 2. The molecule has 0 radical (unpaired) electrons. The predicted molar refractivity (Wildman–Crippen MR) is 74.9 cm³/mol. The fraction of sp³-hybridized carbons (Fsp3) is 0. The second-order valence-electron chi connectivity index (χ2n) is 3.61. The standard InChI is InChI=1S/C12H8BrFN2O2S/c13-8-5-6(1-2-9(8)14)11(18)16-12-7(10(15)17)3-4-19-12/h1-5H,(H2,15,17)(H,16,18). The minimum Gasteiger partial charge on any atom is -0.366 e. The number of amides is 2. The molecule has 0 aliphatic carbocycles. The minimum absolute atomic E-state index is 0.196. The summed E-state index contributed by atoms with van der Waals surface area (Å²) in [6.45, 7) is 0. The van der Waals surface area contributed by atoms with Crippen LogP contribution in [0.25, 0.3) is 0 Å². The van der Waals surface area contributed by atoms with E-state index in [9.17, 15) is 14.0 Å². The molecule has 98 valence electrons. The zero-order chi connectivity index (χ0) is 14.0. The number of thiophene rings is 1. The number of nitrogens with one attached hydrogen (secondary N) is 1. The first-order valence-corrected chi connectivity index (χ1v) is 6.80. The van der Waals surface area contributed by atoms with Crippen LogP contribution in [0.5, 0.6) is 0 Å². The molecule has 0 aliphatic rings. The van der Waals surface area contributed by atoms with E-state index in [2.05, 4.69) is 21.2 Å². The quantitative estimate of drug-likeness (QED) is 0.899. The van der Waals surface area contributed by atoms with Gasteiger partial charge in [0.25, 0.3) is 11.8 Å². The lowest BCUT2D eigenvalue weighted by molar-refractivity contribution is 0.100. The molecule has 0 saturated carbocycles. The fourth-order valence-electron chi connectivity index (χ4n) is 1.41. The number of benzene rings is 1. The molecule has 0 fully saturated rings. The number of carbonyl (C=O) groups excluding carboxylic acids is 2. The number of carbonyl (C=O) groups is 2. The van der Waals surface area contributed by atoms with Crippen LogP contribution in [0.1, 0.15) is 20.7 Å². The number of rotatable bonds is 3. The average Bonchev–Trinajstić information content (AvgIpc) is 2.80. The van der Waals surface area contributed by atoms with Gasteiger partial charge in [-0.1, -0.05) is 0 Å². The Morgan fingerprint density at radius 2 is 2.05 bits per heavy atom. The Balaban J connectivity index is 2.23. The molecule has 3 N–H and O–H groups in total. The average molecular weight is 343 g/mol. The highest BCUT2D eigenvalue weighted by atomic mass is 79.9. The van der Waals surface area contributed by atoms with E-state index < -0.39 is 17.6 Å². The van der Waals surface area contributed by atoms with E-state index in [0.717, 1.165) is 0 Å². The lowest BCUT2D eigenvalue weighted by Crippen LogP contribution is -2.16. The highest BCUT2D eigenvalue weighted by Crippen LogP contribution is 2.24. The van der Waals surface area contributed by atoms with Gasteiger partial charge in [-0.25, -0.2) is 4.39 Å². The van der Waals surface area contributed by atoms with Gasteiger partial charge in [-0.2, -0.15) is 0 Å². The largest absolute Gasteiger partial charge is 0.366 e. The molecule has 0 saturated heterocycles. The molecule has 0 aliphatic heterocycles. The van der Waals surface area contributed by atoms with Gasteiger partial charge >= 0.3 is 0 Å². The molecule has 2 amide bonds. The third-order valence-electron chi connectivity index (χ3n) is 2.34. The van der Waals surface area contributed by atoms with Crippen molar-refractivity contribution in [2.75, 3.05) is 5.32 Å². The van der Waals surface area contributed by atoms with Crippen LogP contribution in [0.3, 0.4) is 0 Å². The summed E-state index contributed by atoms with van der Waals surface area (Å²) in [4.78, 5) is 23.1. The topological polar surface area (TPSA) is 72.2 Å². The normalized spacial score (nSPS) is 10.2. The van der Waals surface area contributed by atoms with Crippen LogP contribution in [0.2, 0.25) is 0 Å². The Hall–Kier alpha value is -1.73. The summed E-state index contributed by atoms with van der Waals surface area (Å²) in [5.41, 5.74) is 5.70. The highest BCUT2D eigenvalue weighted by molar-refractivity contribution is 9.10. The van der Waals surface area contributed by atoms with Gasteiger partial charge < -0.3 is 11.1 Å². The predicted octanol–water partition coefficient (Wildman–Crippen LogP) is 3.00. The Bertz CT molecular complexity index is 657. The molecule has 0 bridgehead atoms. The van der Waals surface area contributed by atoms with Crippen molar-refractivity contribution in [1.29, 1.82) is 0 Å². The molecular weight excluding hydrogens is 335 g/mol. The van der Waals surface area contributed by atoms with Crippen LogP contribution in [-0.2, 0) is 0 Å². The zero-order valence-electron chi connectivity index (χ0n) is 9.44. The lowest BCUT2D eigenvalue weighted by atomic mass is 10.2. The first-order chi connectivity index (χ1) is 8.99. The van der Waals surface area contributed by atoms with Gasteiger partial charge in [-0.05, 0) is 45.6 Å². The van der Waals surface area contributed by atoms with Crippen molar-refractivity contribution in [3.63, 3.8) is 0 Å². The fourth-order valence-corrected chi connectivity index (χ4v) is 2.58. The van der Waals surface area contributed by atoms with E-state index in [-0.39, 0.29) is 15.6 Å². The summed E-state index contributed by atoms with van der Waals surface area (Å²) < 4.78 is 13.3. The van der Waals surface area contributed by atoms with Gasteiger partial charge in [0.1, 0.15) is 10.8 Å². The maximum absolute atomic E-state index is 13.1. The molecule has 19 heavy (non-hydrogen) atoms. The summed E-state index contributed by atoms with van der Waals surface area (Å²) >= 11 is 4.19. The Morgan fingerprint density at radius 1 is 1.32 bits per heavy atom. The van der Waals surface area contributed by atoms with Crippen LogP contribution in [-0.4, -0.2) is 11.8 Å². The molecule has 4 nitrogen and oxygen atoms in total. The van der Waals surface area contributed by atoms with Crippen LogP contribution in [0, 0.1) is 5.82 Å². The van der Waals surface area contributed by atoms with Crippen LogP contribution in [0.15, 0.2) is 34.1 Å². The van der Waals surface area contributed by atoms with Crippen molar-refractivity contribution in [2.45, 2.75) is 0 Å². The smallest absolute Gasteiger partial charge is 0.256 e. The van der Waals surface area contributed by atoms with E-state index in [1.165, 1.54) is 35.6 Å². The second-order valence-corrected chi connectivity index (χ2v) is 5.38. The molecule has 1 heterocycles. The maximum atomic E-state index is 13.1. The van der Waals surface area contributed by atoms with Crippen molar-refractivity contribution in [3.05, 3.63) is 51.1 Å². The molecule has 2 aromatic rings. The third-order valence-corrected chi connectivity index (χ3v) is 3.78. The van der Waals surface area contributed by atoms with Crippen LogP contribution >= 0.6 is 27.3 Å². The van der Waals surface area contributed by atoms with Crippen molar-refractivity contribution >= 4 is 44.1 Å². The zero-order valence-corrected chi connectivity index (χ0v) is 11.8. The van der Waals surface area contributed by atoms with Gasteiger partial charge in [-0.3, -0.25) is 9.59 Å². The molecule has 1 aromatic carbocycles. The monoisotopic (exact) mass is 342 g/mol. The van der Waals surface area contributed by atoms with Crippen molar-refractivity contribution in [2.24, 2.45) is 5.73 Å². The minimum atomic E-state index is -0.614. The first kappa shape index (κ1) is 13.7. The summed E-state index contributed by atoms with van der Waals surface area (Å²) in [5, 5.41) is 4.59. The van der Waals surface area contributed by atoms with Crippen molar-refractivity contribution in [3.8, 4) is 0 Å². The summed E-state index contributed by atoms with van der Waals surface area (Å²) in [6.07, 6.45) is 0. The summed E-state index contributed by atoms with van der Waals surface area (Å²) in [5.74, 6) is -1.51. The molecule has 0 unspecified atom stereocenters. The first-order valence-electron chi connectivity index (χ1n) is 5.12. The summed E-state index contributed by atoms with van der Waals surface area (Å²) in [7, 11) is 0. The maximum Gasteiger partial charge on any atom is 0.256 e. The Labute approximate surface area is 120 Å². The third kappa shape index (κ3) is 2.99. The van der Waals surface area contributed by atoms with E-state index in [1.54, 1.807) is 5.38 Å². The molecular formula is C12H8BrFN2O2S. The van der Waals surface area contributed by atoms with Gasteiger partial charge in [0.2, 0.25) is 0 Å². The summed E-state index contributed by atoms with van der Waals surface area (Å²) in [6, 6.07) is 5.43. The number of hydrogen-bond acceptors (Lipinski definition) is 3. The molecule has 1 aromatic heterocycles. The van der Waals surface area contributed by atoms with E-state index >= 15 is 0 Å². The number of anilines is 1. The van der Waals surface area contributed by atoms with E-state index in [1.807, 2.05) is 0 Å². The SMILES string of the molecule is NC(=O)c1ccsc1NC(=O)c1ccc(F)c(Br)c1. The van der Waals surface area contributed by atoms with Crippen LogP contribution < -0.4 is 11.1 Å². The lowest BCUT2D eigenvalue weighted by Gasteiger charge is -2.05.